The highest BCUT2D eigenvalue weighted by atomic mass is 35.5. The Labute approximate surface area is 222 Å². The maximum atomic E-state index is 12.9. The SMILES string of the molecule is CCCCc1ccc(-n2nc3cc(Cl)c(NC(=O)c4ccc(-c5cccc(Cl)c5Cl)o4)cc3n2)cc1. The third-order valence-corrected chi connectivity index (χ3v) is 6.88. The molecule has 5 aromatic rings. The predicted molar refractivity (Wildman–Crippen MR) is 145 cm³/mol. The molecule has 2 heterocycles. The first-order chi connectivity index (χ1) is 17.4. The van der Waals surface area contributed by atoms with Crippen molar-refractivity contribution in [3.8, 4) is 17.0 Å². The van der Waals surface area contributed by atoms with Gasteiger partial charge in [-0.3, -0.25) is 4.79 Å². The Bertz CT molecular complexity index is 1560. The van der Waals surface area contributed by atoms with Crippen LogP contribution in [0, 0.1) is 0 Å². The number of unbranched alkanes of at least 4 members (excludes halogenated alkanes) is 1. The van der Waals surface area contributed by atoms with Crippen molar-refractivity contribution in [1.29, 1.82) is 0 Å². The lowest BCUT2D eigenvalue weighted by atomic mass is 10.1. The summed E-state index contributed by atoms with van der Waals surface area (Å²) in [6.45, 7) is 2.18. The molecule has 182 valence electrons. The van der Waals surface area contributed by atoms with E-state index < -0.39 is 5.91 Å². The van der Waals surface area contributed by atoms with Gasteiger partial charge >= 0.3 is 0 Å². The van der Waals surface area contributed by atoms with Crippen molar-refractivity contribution in [3.05, 3.63) is 93.1 Å². The average molecular weight is 540 g/mol. The molecule has 0 unspecified atom stereocenters. The number of halogens is 3. The molecule has 0 saturated carbocycles. The van der Waals surface area contributed by atoms with E-state index in [2.05, 4.69) is 34.6 Å². The van der Waals surface area contributed by atoms with Gasteiger partial charge < -0.3 is 9.73 Å². The number of hydrogen-bond acceptors (Lipinski definition) is 4. The van der Waals surface area contributed by atoms with E-state index in [0.29, 0.717) is 43.1 Å². The van der Waals surface area contributed by atoms with Gasteiger partial charge in [-0.05, 0) is 66.9 Å². The van der Waals surface area contributed by atoms with Crippen LogP contribution >= 0.6 is 34.8 Å². The van der Waals surface area contributed by atoms with Crippen molar-refractivity contribution in [2.45, 2.75) is 26.2 Å². The number of amides is 1. The zero-order valence-electron chi connectivity index (χ0n) is 19.3. The molecule has 2 aromatic heterocycles. The molecule has 0 aliphatic rings. The summed E-state index contributed by atoms with van der Waals surface area (Å²) in [5, 5.41) is 13.0. The van der Waals surface area contributed by atoms with E-state index >= 15 is 0 Å². The van der Waals surface area contributed by atoms with Crippen LogP contribution in [0.15, 0.2) is 71.1 Å². The van der Waals surface area contributed by atoms with Gasteiger partial charge in [0.2, 0.25) is 0 Å². The van der Waals surface area contributed by atoms with Crippen LogP contribution in [0.4, 0.5) is 5.69 Å². The minimum absolute atomic E-state index is 0.101. The molecule has 0 atom stereocenters. The zero-order valence-corrected chi connectivity index (χ0v) is 21.5. The smallest absolute Gasteiger partial charge is 0.291 e. The highest BCUT2D eigenvalue weighted by Gasteiger charge is 2.17. The van der Waals surface area contributed by atoms with Gasteiger partial charge in [0.1, 0.15) is 16.8 Å². The van der Waals surface area contributed by atoms with Crippen molar-refractivity contribution < 1.29 is 9.21 Å². The molecule has 0 radical (unpaired) electrons. The van der Waals surface area contributed by atoms with Gasteiger partial charge in [0.05, 0.1) is 26.4 Å². The average Bonchev–Trinajstić information content (AvgIpc) is 3.52. The van der Waals surface area contributed by atoms with E-state index in [9.17, 15) is 4.79 Å². The lowest BCUT2D eigenvalue weighted by molar-refractivity contribution is 0.0997. The summed E-state index contributed by atoms with van der Waals surface area (Å²) in [7, 11) is 0. The number of aryl methyl sites for hydroxylation is 1. The van der Waals surface area contributed by atoms with E-state index in [4.69, 9.17) is 39.2 Å². The second-order valence-corrected chi connectivity index (χ2v) is 9.49. The van der Waals surface area contributed by atoms with Crippen molar-refractivity contribution in [3.63, 3.8) is 0 Å². The number of nitrogens with zero attached hydrogens (tertiary/aromatic N) is 3. The van der Waals surface area contributed by atoms with E-state index in [1.807, 2.05) is 12.1 Å². The zero-order chi connectivity index (χ0) is 25.2. The number of hydrogen-bond donors (Lipinski definition) is 1. The standard InChI is InChI=1S/C27H21Cl3N4O2/c1-2-3-5-16-8-10-17(11-9-16)34-32-22-14-20(29)21(15-23(22)33-34)31-27(35)25-13-12-24(36-25)18-6-4-7-19(28)26(18)30/h4,6-15H,2-3,5H2,1H3,(H,31,35). The quantitative estimate of drug-likeness (QED) is 0.226. The molecule has 0 fully saturated rings. The Kier molecular flexibility index (Phi) is 7.01. The summed E-state index contributed by atoms with van der Waals surface area (Å²) >= 11 is 18.8. The van der Waals surface area contributed by atoms with Crippen LogP contribution in [0.2, 0.25) is 15.1 Å². The van der Waals surface area contributed by atoms with Gasteiger partial charge in [0.25, 0.3) is 5.91 Å². The number of furan rings is 1. The van der Waals surface area contributed by atoms with Crippen LogP contribution in [0.3, 0.4) is 0 Å². The Hall–Kier alpha value is -3.32. The molecular weight excluding hydrogens is 519 g/mol. The maximum Gasteiger partial charge on any atom is 0.291 e. The van der Waals surface area contributed by atoms with Crippen molar-refractivity contribution in [2.24, 2.45) is 0 Å². The van der Waals surface area contributed by atoms with Crippen LogP contribution in [0.25, 0.3) is 28.0 Å². The first kappa shape index (κ1) is 24.4. The Morgan fingerprint density at radius 1 is 0.944 bits per heavy atom. The van der Waals surface area contributed by atoms with Crippen LogP contribution < -0.4 is 5.32 Å². The molecular formula is C27H21Cl3N4O2. The fraction of sp³-hybridized carbons (Fsp3) is 0.148. The minimum atomic E-state index is -0.462. The molecule has 3 aromatic carbocycles. The van der Waals surface area contributed by atoms with E-state index in [-0.39, 0.29) is 5.76 Å². The molecule has 0 bridgehead atoms. The fourth-order valence-corrected chi connectivity index (χ4v) is 4.41. The van der Waals surface area contributed by atoms with Gasteiger partial charge in [0, 0.05) is 5.56 Å². The van der Waals surface area contributed by atoms with Crippen LogP contribution in [0.5, 0.6) is 0 Å². The second kappa shape index (κ2) is 10.3. The number of aromatic nitrogens is 3. The molecule has 1 N–H and O–H groups in total. The Morgan fingerprint density at radius 3 is 2.44 bits per heavy atom. The number of nitrogens with one attached hydrogen (secondary N) is 1. The summed E-state index contributed by atoms with van der Waals surface area (Å²) in [6.07, 6.45) is 3.36. The van der Waals surface area contributed by atoms with Crippen LogP contribution in [-0.4, -0.2) is 20.9 Å². The fourth-order valence-electron chi connectivity index (χ4n) is 3.81. The molecule has 0 aliphatic carbocycles. The van der Waals surface area contributed by atoms with Gasteiger partial charge in [0.15, 0.2) is 5.76 Å². The summed E-state index contributed by atoms with van der Waals surface area (Å²) < 4.78 is 5.73. The van der Waals surface area contributed by atoms with E-state index in [1.165, 1.54) is 5.56 Å². The molecule has 0 spiro atoms. The number of carbonyl (C=O) groups is 1. The summed E-state index contributed by atoms with van der Waals surface area (Å²) in [6, 6.07) is 20.0. The first-order valence-electron chi connectivity index (χ1n) is 11.4. The topological polar surface area (TPSA) is 73.0 Å². The number of anilines is 1. The van der Waals surface area contributed by atoms with Gasteiger partial charge in [-0.25, -0.2) is 0 Å². The lowest BCUT2D eigenvalue weighted by Gasteiger charge is -2.06. The van der Waals surface area contributed by atoms with Crippen LogP contribution in [0.1, 0.15) is 35.9 Å². The summed E-state index contributed by atoms with van der Waals surface area (Å²) in [5.41, 5.74) is 4.33. The largest absolute Gasteiger partial charge is 0.451 e. The number of benzene rings is 3. The minimum Gasteiger partial charge on any atom is -0.451 e. The van der Waals surface area contributed by atoms with Crippen molar-refractivity contribution in [1.82, 2.24) is 15.0 Å². The first-order valence-corrected chi connectivity index (χ1v) is 12.6. The van der Waals surface area contributed by atoms with E-state index in [0.717, 1.165) is 24.9 Å². The van der Waals surface area contributed by atoms with Crippen LogP contribution in [-0.2, 0) is 6.42 Å². The highest BCUT2D eigenvalue weighted by Crippen LogP contribution is 2.35. The monoisotopic (exact) mass is 538 g/mol. The van der Waals surface area contributed by atoms with Gasteiger partial charge in [-0.15, -0.1) is 10.2 Å². The number of carbonyl (C=O) groups excluding carboxylic acids is 1. The second-order valence-electron chi connectivity index (χ2n) is 8.30. The molecule has 6 nitrogen and oxygen atoms in total. The molecule has 9 heteroatoms. The highest BCUT2D eigenvalue weighted by molar-refractivity contribution is 6.43. The molecule has 0 saturated heterocycles. The Morgan fingerprint density at radius 2 is 1.69 bits per heavy atom. The van der Waals surface area contributed by atoms with Gasteiger partial charge in [-0.1, -0.05) is 66.3 Å². The summed E-state index contributed by atoms with van der Waals surface area (Å²) in [4.78, 5) is 14.4. The predicted octanol–water partition coefficient (Wildman–Crippen LogP) is 8.24. The number of fused-ring (bicyclic) bond motifs is 1. The summed E-state index contributed by atoms with van der Waals surface area (Å²) in [5.74, 6) is 0.0672. The third-order valence-electron chi connectivity index (χ3n) is 5.75. The Balaban J connectivity index is 1.36. The van der Waals surface area contributed by atoms with Crippen molar-refractivity contribution in [2.75, 3.05) is 5.32 Å². The maximum absolute atomic E-state index is 12.9. The molecule has 36 heavy (non-hydrogen) atoms. The molecule has 1 amide bonds. The normalized spacial score (nSPS) is 11.2. The van der Waals surface area contributed by atoms with E-state index in [1.54, 1.807) is 47.3 Å². The molecule has 5 rings (SSSR count). The third kappa shape index (κ3) is 4.98. The number of rotatable bonds is 7. The van der Waals surface area contributed by atoms with Crippen molar-refractivity contribution >= 4 is 57.4 Å². The van der Waals surface area contributed by atoms with Gasteiger partial charge in [-0.2, -0.15) is 4.80 Å². The molecule has 0 aliphatic heterocycles. The lowest BCUT2D eigenvalue weighted by Crippen LogP contribution is -2.11.